The molecule has 4 atom stereocenters. The maximum Gasteiger partial charge on any atom is 0.0871 e. The van der Waals surface area contributed by atoms with Crippen molar-refractivity contribution in [3.05, 3.63) is 0 Å². The van der Waals surface area contributed by atoms with Crippen LogP contribution in [0.5, 0.6) is 0 Å². The largest absolute Gasteiger partial charge is 0.393 e. The minimum absolute atomic E-state index is 0.0892. The summed E-state index contributed by atoms with van der Waals surface area (Å²) in [4.78, 5) is 0. The van der Waals surface area contributed by atoms with Crippen molar-refractivity contribution >= 4 is 0 Å². The third kappa shape index (κ3) is 0.956. The highest BCUT2D eigenvalue weighted by molar-refractivity contribution is 4.96. The average Bonchev–Trinajstić information content (AvgIpc) is 2.64. The molecule has 2 fully saturated rings. The summed E-state index contributed by atoms with van der Waals surface area (Å²) in [5, 5.41) is 9.33. The van der Waals surface area contributed by atoms with Crippen LogP contribution in [0.2, 0.25) is 0 Å². The molecular weight excluding hydrogens is 128 g/mol. The number of aliphatic hydroxyl groups is 1. The van der Waals surface area contributed by atoms with Crippen LogP contribution >= 0.6 is 0 Å². The molecule has 4 unspecified atom stereocenters. The van der Waals surface area contributed by atoms with Crippen LogP contribution in [-0.2, 0) is 4.74 Å². The molecule has 0 aromatic carbocycles. The summed E-state index contributed by atoms with van der Waals surface area (Å²) in [6.07, 6.45) is 3.81. The quantitative estimate of drug-likeness (QED) is 0.552. The van der Waals surface area contributed by atoms with E-state index in [4.69, 9.17) is 4.74 Å². The molecule has 10 heavy (non-hydrogen) atoms. The van der Waals surface area contributed by atoms with Gasteiger partial charge in [0.2, 0.25) is 0 Å². The molecule has 1 N–H and O–H groups in total. The van der Waals surface area contributed by atoms with Crippen molar-refractivity contribution in [3.8, 4) is 0 Å². The first-order valence-electron chi connectivity index (χ1n) is 4.14. The highest BCUT2D eigenvalue weighted by Gasteiger charge is 2.48. The molecule has 0 radical (unpaired) electrons. The predicted molar refractivity (Wildman–Crippen MR) is 37.7 cm³/mol. The van der Waals surface area contributed by atoms with Crippen molar-refractivity contribution < 1.29 is 9.84 Å². The van der Waals surface area contributed by atoms with Gasteiger partial charge in [-0.2, -0.15) is 0 Å². The molecule has 1 heterocycles. The first-order chi connectivity index (χ1) is 4.81. The molecular formula is C8H14O2. The van der Waals surface area contributed by atoms with E-state index in [1.165, 1.54) is 0 Å². The maximum atomic E-state index is 9.33. The third-order valence-electron chi connectivity index (χ3n) is 2.69. The number of rotatable bonds is 1. The number of hydrogen-bond acceptors (Lipinski definition) is 2. The molecule has 58 valence electrons. The monoisotopic (exact) mass is 142 g/mol. The average molecular weight is 142 g/mol. The van der Waals surface area contributed by atoms with Crippen LogP contribution in [0.25, 0.3) is 0 Å². The zero-order valence-electron chi connectivity index (χ0n) is 6.29. The Bertz CT molecular complexity index is 135. The highest BCUT2D eigenvalue weighted by atomic mass is 16.6. The lowest BCUT2D eigenvalue weighted by molar-refractivity contribution is 0.115. The Hall–Kier alpha value is -0.0800. The highest BCUT2D eigenvalue weighted by Crippen LogP contribution is 2.41. The van der Waals surface area contributed by atoms with Crippen LogP contribution < -0.4 is 0 Å². The van der Waals surface area contributed by atoms with E-state index < -0.39 is 0 Å². The van der Waals surface area contributed by atoms with Gasteiger partial charge in [-0.05, 0) is 12.3 Å². The van der Waals surface area contributed by atoms with Gasteiger partial charge in [-0.3, -0.25) is 0 Å². The minimum atomic E-state index is -0.0892. The topological polar surface area (TPSA) is 32.8 Å². The van der Waals surface area contributed by atoms with Gasteiger partial charge in [0.1, 0.15) is 0 Å². The third-order valence-corrected chi connectivity index (χ3v) is 2.69. The summed E-state index contributed by atoms with van der Waals surface area (Å²) in [5.74, 6) is 0.633. The summed E-state index contributed by atoms with van der Waals surface area (Å²) in [7, 11) is 0. The lowest BCUT2D eigenvalue weighted by Crippen LogP contribution is -2.25. The molecule has 0 bridgehead atoms. The zero-order valence-corrected chi connectivity index (χ0v) is 6.29. The fourth-order valence-electron chi connectivity index (χ4n) is 2.01. The van der Waals surface area contributed by atoms with E-state index in [-0.39, 0.29) is 6.10 Å². The molecule has 2 nitrogen and oxygen atoms in total. The second kappa shape index (κ2) is 2.21. The molecule has 1 saturated carbocycles. The van der Waals surface area contributed by atoms with Gasteiger partial charge in [-0.1, -0.05) is 13.3 Å². The Kier molecular flexibility index (Phi) is 1.46. The van der Waals surface area contributed by atoms with Crippen molar-refractivity contribution in [1.29, 1.82) is 0 Å². The Morgan fingerprint density at radius 1 is 1.50 bits per heavy atom. The van der Waals surface area contributed by atoms with Gasteiger partial charge in [-0.15, -0.1) is 0 Å². The van der Waals surface area contributed by atoms with E-state index in [1.54, 1.807) is 0 Å². The predicted octanol–water partition coefficient (Wildman–Crippen LogP) is 0.935. The van der Waals surface area contributed by atoms with Crippen molar-refractivity contribution in [2.45, 2.75) is 44.5 Å². The Labute approximate surface area is 61.2 Å². The normalized spacial score (nSPS) is 52.2. The first-order valence-corrected chi connectivity index (χ1v) is 4.14. The van der Waals surface area contributed by atoms with Crippen LogP contribution in [-0.4, -0.2) is 23.4 Å². The molecule has 0 spiro atoms. The van der Waals surface area contributed by atoms with Crippen LogP contribution in [0.1, 0.15) is 26.2 Å². The van der Waals surface area contributed by atoms with Gasteiger partial charge in [0.25, 0.3) is 0 Å². The van der Waals surface area contributed by atoms with Gasteiger partial charge >= 0.3 is 0 Å². The summed E-state index contributed by atoms with van der Waals surface area (Å²) in [6.45, 7) is 2.17. The molecule has 2 aliphatic rings. The fourth-order valence-corrected chi connectivity index (χ4v) is 2.01. The maximum absolute atomic E-state index is 9.33. The standard InChI is InChI=1S/C8H14O2/c1-2-5-3-6(9)4-7-8(5)10-7/h5-9H,2-4H2,1H3. The van der Waals surface area contributed by atoms with Gasteiger partial charge in [-0.25, -0.2) is 0 Å². The van der Waals surface area contributed by atoms with Crippen LogP contribution in [0.3, 0.4) is 0 Å². The molecule has 1 saturated heterocycles. The summed E-state index contributed by atoms with van der Waals surface area (Å²) < 4.78 is 5.39. The Morgan fingerprint density at radius 2 is 2.30 bits per heavy atom. The lowest BCUT2D eigenvalue weighted by atomic mass is 9.86. The smallest absolute Gasteiger partial charge is 0.0871 e. The van der Waals surface area contributed by atoms with Crippen LogP contribution in [0.4, 0.5) is 0 Å². The summed E-state index contributed by atoms with van der Waals surface area (Å²) >= 11 is 0. The lowest BCUT2D eigenvalue weighted by Gasteiger charge is -2.20. The van der Waals surface area contributed by atoms with Gasteiger partial charge < -0.3 is 9.84 Å². The molecule has 2 rings (SSSR count). The van der Waals surface area contributed by atoms with E-state index >= 15 is 0 Å². The van der Waals surface area contributed by atoms with Gasteiger partial charge in [0, 0.05) is 6.42 Å². The van der Waals surface area contributed by atoms with E-state index in [2.05, 4.69) is 6.92 Å². The summed E-state index contributed by atoms with van der Waals surface area (Å²) in [6, 6.07) is 0. The molecule has 2 heteroatoms. The van der Waals surface area contributed by atoms with Crippen molar-refractivity contribution in [2.75, 3.05) is 0 Å². The number of ether oxygens (including phenoxy) is 1. The second-order valence-electron chi connectivity index (χ2n) is 3.43. The SMILES string of the molecule is CCC1CC(O)CC2OC12. The molecule has 0 aromatic heterocycles. The van der Waals surface area contributed by atoms with Crippen LogP contribution in [0, 0.1) is 5.92 Å². The Balaban J connectivity index is 1.96. The van der Waals surface area contributed by atoms with Crippen LogP contribution in [0.15, 0.2) is 0 Å². The Morgan fingerprint density at radius 3 is 3.00 bits per heavy atom. The van der Waals surface area contributed by atoms with E-state index in [0.29, 0.717) is 18.1 Å². The van der Waals surface area contributed by atoms with Crippen molar-refractivity contribution in [1.82, 2.24) is 0 Å². The van der Waals surface area contributed by atoms with Crippen molar-refractivity contribution in [2.24, 2.45) is 5.92 Å². The number of hydrogen-bond donors (Lipinski definition) is 1. The van der Waals surface area contributed by atoms with E-state index in [1.807, 2.05) is 0 Å². The van der Waals surface area contributed by atoms with E-state index in [9.17, 15) is 5.11 Å². The van der Waals surface area contributed by atoms with Gasteiger partial charge in [0.05, 0.1) is 18.3 Å². The second-order valence-corrected chi connectivity index (χ2v) is 3.43. The fraction of sp³-hybridized carbons (Fsp3) is 1.00. The zero-order chi connectivity index (χ0) is 7.14. The molecule has 0 aromatic rings. The minimum Gasteiger partial charge on any atom is -0.393 e. The molecule has 0 amide bonds. The van der Waals surface area contributed by atoms with E-state index in [0.717, 1.165) is 19.3 Å². The van der Waals surface area contributed by atoms with Gasteiger partial charge in [0.15, 0.2) is 0 Å². The number of epoxide rings is 1. The summed E-state index contributed by atoms with van der Waals surface area (Å²) in [5.41, 5.74) is 0. The number of aliphatic hydroxyl groups excluding tert-OH is 1. The molecule has 1 aliphatic carbocycles. The van der Waals surface area contributed by atoms with Crippen molar-refractivity contribution in [3.63, 3.8) is 0 Å². The number of fused-ring (bicyclic) bond motifs is 1. The first kappa shape index (κ1) is 6.62. The molecule has 1 aliphatic heterocycles.